The van der Waals surface area contributed by atoms with Crippen LogP contribution in [0.1, 0.15) is 43.7 Å². The van der Waals surface area contributed by atoms with E-state index >= 15 is 0 Å². The molecule has 0 unspecified atom stereocenters. The van der Waals surface area contributed by atoms with Gasteiger partial charge in [0.1, 0.15) is 0 Å². The van der Waals surface area contributed by atoms with E-state index in [4.69, 9.17) is 0 Å². The first-order valence-corrected chi connectivity index (χ1v) is 9.04. The maximum absolute atomic E-state index is 11.6. The SMILES string of the molecule is CCCCNC(=NCc1ccc(C)cc1)NCCNC(=O)C1CC1. The Labute approximate surface area is 145 Å². The molecule has 1 aromatic carbocycles. The highest BCUT2D eigenvalue weighted by molar-refractivity contribution is 5.81. The number of nitrogens with zero attached hydrogens (tertiary/aromatic N) is 1. The van der Waals surface area contributed by atoms with Crippen LogP contribution < -0.4 is 16.0 Å². The van der Waals surface area contributed by atoms with E-state index in [2.05, 4.69) is 59.1 Å². The van der Waals surface area contributed by atoms with Gasteiger partial charge in [0.05, 0.1) is 6.54 Å². The highest BCUT2D eigenvalue weighted by Crippen LogP contribution is 2.28. The Morgan fingerprint density at radius 1 is 1.08 bits per heavy atom. The summed E-state index contributed by atoms with van der Waals surface area (Å²) in [6, 6.07) is 8.43. The molecule has 0 bridgehead atoms. The van der Waals surface area contributed by atoms with Crippen LogP contribution in [0.3, 0.4) is 0 Å². The fourth-order valence-electron chi connectivity index (χ4n) is 2.28. The van der Waals surface area contributed by atoms with Crippen LogP contribution in [0.4, 0.5) is 0 Å². The first-order valence-electron chi connectivity index (χ1n) is 9.04. The normalized spacial score (nSPS) is 14.3. The van der Waals surface area contributed by atoms with E-state index in [1.54, 1.807) is 0 Å². The molecule has 1 aliphatic rings. The molecule has 1 aromatic rings. The number of unbranched alkanes of at least 4 members (excludes halogenated alkanes) is 1. The minimum atomic E-state index is 0.189. The molecule has 0 heterocycles. The first-order chi connectivity index (χ1) is 11.7. The quantitative estimate of drug-likeness (QED) is 0.370. The van der Waals surface area contributed by atoms with E-state index in [-0.39, 0.29) is 11.8 Å². The fourth-order valence-corrected chi connectivity index (χ4v) is 2.28. The Kier molecular flexibility index (Phi) is 7.59. The van der Waals surface area contributed by atoms with Crippen LogP contribution >= 0.6 is 0 Å². The van der Waals surface area contributed by atoms with Crippen molar-refractivity contribution >= 4 is 11.9 Å². The molecular weight excluding hydrogens is 300 g/mol. The van der Waals surface area contributed by atoms with Crippen molar-refractivity contribution in [3.63, 3.8) is 0 Å². The molecule has 0 saturated heterocycles. The number of amides is 1. The van der Waals surface area contributed by atoms with Gasteiger partial charge in [-0.2, -0.15) is 0 Å². The summed E-state index contributed by atoms with van der Waals surface area (Å²) >= 11 is 0. The number of carbonyl (C=O) groups is 1. The Bertz CT molecular complexity index is 535. The lowest BCUT2D eigenvalue weighted by atomic mass is 10.1. The summed E-state index contributed by atoms with van der Waals surface area (Å²) in [4.78, 5) is 16.3. The number of hydrogen-bond donors (Lipinski definition) is 3. The van der Waals surface area contributed by atoms with Crippen LogP contribution in [0, 0.1) is 12.8 Å². The van der Waals surface area contributed by atoms with Gasteiger partial charge < -0.3 is 16.0 Å². The molecule has 0 aliphatic heterocycles. The topological polar surface area (TPSA) is 65.5 Å². The van der Waals surface area contributed by atoms with Gasteiger partial charge in [0.2, 0.25) is 5.91 Å². The standard InChI is InChI=1S/C19H30N4O/c1-3-4-11-21-19(22-13-12-20-18(24)17-9-10-17)23-14-16-7-5-15(2)6-8-16/h5-8,17H,3-4,9-14H2,1-2H3,(H,20,24)(H2,21,22,23). The fraction of sp³-hybridized carbons (Fsp3) is 0.579. The van der Waals surface area contributed by atoms with Crippen molar-refractivity contribution in [3.05, 3.63) is 35.4 Å². The molecule has 132 valence electrons. The van der Waals surface area contributed by atoms with E-state index in [1.807, 2.05) is 0 Å². The van der Waals surface area contributed by atoms with Crippen molar-refractivity contribution in [2.24, 2.45) is 10.9 Å². The van der Waals surface area contributed by atoms with Gasteiger partial charge in [0.25, 0.3) is 0 Å². The Morgan fingerprint density at radius 3 is 2.42 bits per heavy atom. The maximum Gasteiger partial charge on any atom is 0.223 e. The third kappa shape index (κ3) is 7.02. The molecule has 2 rings (SSSR count). The number of carbonyl (C=O) groups excluding carboxylic acids is 1. The molecule has 3 N–H and O–H groups in total. The van der Waals surface area contributed by atoms with Gasteiger partial charge in [-0.3, -0.25) is 4.79 Å². The summed E-state index contributed by atoms with van der Waals surface area (Å²) in [5, 5.41) is 9.61. The average molecular weight is 330 g/mol. The van der Waals surface area contributed by atoms with Gasteiger partial charge in [0.15, 0.2) is 5.96 Å². The third-order valence-corrected chi connectivity index (χ3v) is 4.03. The van der Waals surface area contributed by atoms with Crippen LogP contribution in [0.15, 0.2) is 29.3 Å². The number of nitrogens with one attached hydrogen (secondary N) is 3. The van der Waals surface area contributed by atoms with Crippen LogP contribution in [0.25, 0.3) is 0 Å². The average Bonchev–Trinajstić information content (AvgIpc) is 3.42. The number of aliphatic imine (C=N–C) groups is 1. The zero-order chi connectivity index (χ0) is 17.2. The summed E-state index contributed by atoms with van der Waals surface area (Å²) in [7, 11) is 0. The molecule has 1 saturated carbocycles. The lowest BCUT2D eigenvalue weighted by Crippen LogP contribution is -2.42. The highest BCUT2D eigenvalue weighted by Gasteiger charge is 2.28. The second-order valence-electron chi connectivity index (χ2n) is 6.42. The number of aryl methyl sites for hydroxylation is 1. The van der Waals surface area contributed by atoms with Crippen LogP contribution in [-0.2, 0) is 11.3 Å². The van der Waals surface area contributed by atoms with Crippen LogP contribution in [-0.4, -0.2) is 31.5 Å². The lowest BCUT2D eigenvalue weighted by Gasteiger charge is -2.13. The molecule has 0 radical (unpaired) electrons. The van der Waals surface area contributed by atoms with Crippen molar-refractivity contribution < 1.29 is 4.79 Å². The number of benzene rings is 1. The summed E-state index contributed by atoms with van der Waals surface area (Å²) in [6.07, 6.45) is 4.35. The van der Waals surface area contributed by atoms with E-state index in [9.17, 15) is 4.79 Å². The molecule has 1 amide bonds. The number of rotatable bonds is 9. The summed E-state index contributed by atoms with van der Waals surface area (Å²) in [5.74, 6) is 1.26. The zero-order valence-corrected chi connectivity index (χ0v) is 14.9. The van der Waals surface area contributed by atoms with Gasteiger partial charge in [-0.15, -0.1) is 0 Å². The third-order valence-electron chi connectivity index (χ3n) is 4.03. The van der Waals surface area contributed by atoms with Gasteiger partial charge in [-0.1, -0.05) is 43.2 Å². The Balaban J connectivity index is 1.77. The van der Waals surface area contributed by atoms with E-state index < -0.39 is 0 Å². The van der Waals surface area contributed by atoms with E-state index in [0.29, 0.717) is 19.6 Å². The molecule has 0 spiro atoms. The highest BCUT2D eigenvalue weighted by atomic mass is 16.2. The molecule has 0 atom stereocenters. The Morgan fingerprint density at radius 2 is 1.75 bits per heavy atom. The molecule has 1 fully saturated rings. The molecule has 0 aromatic heterocycles. The minimum absolute atomic E-state index is 0.189. The van der Waals surface area contributed by atoms with Gasteiger partial charge >= 0.3 is 0 Å². The zero-order valence-electron chi connectivity index (χ0n) is 14.9. The molecule has 1 aliphatic carbocycles. The molecule has 24 heavy (non-hydrogen) atoms. The molecule has 5 nitrogen and oxygen atoms in total. The van der Waals surface area contributed by atoms with Crippen molar-refractivity contribution in [1.29, 1.82) is 0 Å². The van der Waals surface area contributed by atoms with Crippen LogP contribution in [0.5, 0.6) is 0 Å². The van der Waals surface area contributed by atoms with E-state index in [1.165, 1.54) is 11.1 Å². The van der Waals surface area contributed by atoms with Gasteiger partial charge in [-0.05, 0) is 31.7 Å². The van der Waals surface area contributed by atoms with Gasteiger partial charge in [-0.25, -0.2) is 4.99 Å². The van der Waals surface area contributed by atoms with Crippen molar-refractivity contribution in [2.75, 3.05) is 19.6 Å². The largest absolute Gasteiger partial charge is 0.356 e. The Hall–Kier alpha value is -2.04. The second kappa shape index (κ2) is 9.96. The molecule has 5 heteroatoms. The molecular formula is C19H30N4O. The van der Waals surface area contributed by atoms with Crippen molar-refractivity contribution in [3.8, 4) is 0 Å². The lowest BCUT2D eigenvalue weighted by molar-refractivity contribution is -0.122. The predicted octanol–water partition coefficient (Wildman–Crippen LogP) is 2.36. The number of hydrogen-bond acceptors (Lipinski definition) is 2. The summed E-state index contributed by atoms with van der Waals surface area (Å²) < 4.78 is 0. The maximum atomic E-state index is 11.6. The first kappa shape index (κ1) is 18.3. The second-order valence-corrected chi connectivity index (χ2v) is 6.42. The van der Waals surface area contributed by atoms with Crippen molar-refractivity contribution in [1.82, 2.24) is 16.0 Å². The monoisotopic (exact) mass is 330 g/mol. The van der Waals surface area contributed by atoms with Gasteiger partial charge in [0, 0.05) is 25.6 Å². The number of guanidine groups is 1. The summed E-state index contributed by atoms with van der Waals surface area (Å²) in [6.45, 7) is 7.13. The van der Waals surface area contributed by atoms with Crippen molar-refractivity contribution in [2.45, 2.75) is 46.1 Å². The van der Waals surface area contributed by atoms with Crippen LogP contribution in [0.2, 0.25) is 0 Å². The summed E-state index contributed by atoms with van der Waals surface area (Å²) in [5.41, 5.74) is 2.45. The minimum Gasteiger partial charge on any atom is -0.356 e. The predicted molar refractivity (Wildman–Crippen MR) is 99.0 cm³/mol. The smallest absolute Gasteiger partial charge is 0.223 e. The van der Waals surface area contributed by atoms with E-state index in [0.717, 1.165) is 38.2 Å².